The number of hydrogen-bond donors (Lipinski definition) is 2. The van der Waals surface area contributed by atoms with Crippen LogP contribution in [0.1, 0.15) is 45.1 Å². The number of aliphatic carboxylic acids is 1. The molecular weight excluding hydrogens is 228 g/mol. The highest BCUT2D eigenvalue weighted by Crippen LogP contribution is 2.01. The van der Waals surface area contributed by atoms with Crippen molar-refractivity contribution in [2.45, 2.75) is 52.1 Å². The zero-order valence-corrected chi connectivity index (χ0v) is 11.3. The van der Waals surface area contributed by atoms with Gasteiger partial charge in [-0.3, -0.25) is 4.79 Å². The number of carboxylic acid groups (broad SMARTS) is 1. The van der Waals surface area contributed by atoms with E-state index in [1.807, 2.05) is 25.1 Å². The Bertz CT molecular complexity index is 307. The van der Waals surface area contributed by atoms with Crippen LogP contribution in [0.25, 0.3) is 0 Å². The first kappa shape index (κ1) is 16.6. The molecule has 102 valence electrons. The van der Waals surface area contributed by atoms with Gasteiger partial charge in [0.1, 0.15) is 0 Å². The maximum Gasteiger partial charge on any atom is 0.307 e. The molecule has 1 atom stereocenters. The number of carbonyl (C=O) groups is 1. The van der Waals surface area contributed by atoms with Crippen LogP contribution < -0.4 is 0 Å². The average molecular weight is 252 g/mol. The Morgan fingerprint density at radius 3 is 2.28 bits per heavy atom. The molecule has 0 aromatic heterocycles. The molecule has 0 aliphatic rings. The van der Waals surface area contributed by atoms with Crippen LogP contribution in [0.5, 0.6) is 0 Å². The van der Waals surface area contributed by atoms with Crippen molar-refractivity contribution in [3.63, 3.8) is 0 Å². The zero-order valence-electron chi connectivity index (χ0n) is 11.3. The quantitative estimate of drug-likeness (QED) is 0.764. The molecule has 0 saturated heterocycles. The van der Waals surface area contributed by atoms with E-state index >= 15 is 0 Å². The summed E-state index contributed by atoms with van der Waals surface area (Å²) in [7, 11) is 0. The first-order valence-corrected chi connectivity index (χ1v) is 6.50. The van der Waals surface area contributed by atoms with Crippen molar-refractivity contribution in [2.24, 2.45) is 0 Å². The minimum Gasteiger partial charge on any atom is -0.481 e. The van der Waals surface area contributed by atoms with E-state index in [9.17, 15) is 4.79 Å². The Labute approximate surface area is 109 Å². The summed E-state index contributed by atoms with van der Waals surface area (Å²) in [5.74, 6) is -0.786. The number of carboxylic acids is 1. The second-order valence-electron chi connectivity index (χ2n) is 4.40. The van der Waals surface area contributed by atoms with Crippen LogP contribution in [0.15, 0.2) is 30.3 Å². The third-order valence-electron chi connectivity index (χ3n) is 2.42. The molecule has 0 spiro atoms. The maximum atomic E-state index is 10.2. The van der Waals surface area contributed by atoms with Crippen molar-refractivity contribution in [2.75, 3.05) is 0 Å². The van der Waals surface area contributed by atoms with Crippen LogP contribution in [-0.2, 0) is 11.2 Å². The molecule has 1 aromatic rings. The van der Waals surface area contributed by atoms with E-state index in [1.54, 1.807) is 12.1 Å². The zero-order chi connectivity index (χ0) is 13.8. The topological polar surface area (TPSA) is 57.5 Å². The fraction of sp³-hybridized carbons (Fsp3) is 0.533. The lowest BCUT2D eigenvalue weighted by Gasteiger charge is -2.00. The van der Waals surface area contributed by atoms with Crippen LogP contribution >= 0.6 is 0 Å². The molecule has 3 nitrogen and oxygen atoms in total. The second kappa shape index (κ2) is 10.8. The van der Waals surface area contributed by atoms with Gasteiger partial charge in [-0.1, -0.05) is 56.5 Å². The lowest BCUT2D eigenvalue weighted by molar-refractivity contribution is -0.136. The SMILES string of the molecule is CCCCCC(C)O.O=C(O)Cc1ccccc1. The molecular formula is C15H24O3. The highest BCUT2D eigenvalue weighted by atomic mass is 16.4. The molecule has 1 rings (SSSR count). The van der Waals surface area contributed by atoms with Gasteiger partial charge < -0.3 is 10.2 Å². The van der Waals surface area contributed by atoms with Crippen LogP contribution in [0, 0.1) is 0 Å². The van der Waals surface area contributed by atoms with Gasteiger partial charge in [-0.2, -0.15) is 0 Å². The van der Waals surface area contributed by atoms with E-state index in [2.05, 4.69) is 6.92 Å². The van der Waals surface area contributed by atoms with Gasteiger partial charge in [0.15, 0.2) is 0 Å². The minimum absolute atomic E-state index is 0.0958. The van der Waals surface area contributed by atoms with Crippen LogP contribution in [0.2, 0.25) is 0 Å². The normalized spacial score (nSPS) is 11.3. The Hall–Kier alpha value is -1.35. The summed E-state index contributed by atoms with van der Waals surface area (Å²) in [4.78, 5) is 10.2. The number of hydrogen-bond acceptors (Lipinski definition) is 2. The van der Waals surface area contributed by atoms with Crippen molar-refractivity contribution in [1.29, 1.82) is 0 Å². The summed E-state index contributed by atoms with van der Waals surface area (Å²) < 4.78 is 0. The molecule has 0 radical (unpaired) electrons. The molecule has 0 amide bonds. The smallest absolute Gasteiger partial charge is 0.307 e. The summed E-state index contributed by atoms with van der Waals surface area (Å²) in [5.41, 5.74) is 0.843. The lowest BCUT2D eigenvalue weighted by Crippen LogP contribution is -1.98. The monoisotopic (exact) mass is 252 g/mol. The minimum atomic E-state index is -0.786. The highest BCUT2D eigenvalue weighted by Gasteiger charge is 1.96. The van der Waals surface area contributed by atoms with Crippen LogP contribution in [0.4, 0.5) is 0 Å². The van der Waals surface area contributed by atoms with E-state index < -0.39 is 5.97 Å². The van der Waals surface area contributed by atoms with Gasteiger partial charge in [0.25, 0.3) is 0 Å². The Morgan fingerprint density at radius 2 is 1.83 bits per heavy atom. The summed E-state index contributed by atoms with van der Waals surface area (Å²) in [6.45, 7) is 4.01. The van der Waals surface area contributed by atoms with Crippen molar-refractivity contribution in [1.82, 2.24) is 0 Å². The van der Waals surface area contributed by atoms with E-state index in [-0.39, 0.29) is 12.5 Å². The Morgan fingerprint density at radius 1 is 1.22 bits per heavy atom. The van der Waals surface area contributed by atoms with Gasteiger partial charge in [-0.05, 0) is 18.9 Å². The number of unbranched alkanes of at least 4 members (excludes halogenated alkanes) is 2. The standard InChI is InChI=1S/C8H8O2.C7H16O/c9-8(10)6-7-4-2-1-3-5-7;1-3-4-5-6-7(2)8/h1-5H,6H2,(H,9,10);7-8H,3-6H2,1-2H3. The first-order chi connectivity index (χ1) is 8.56. The lowest BCUT2D eigenvalue weighted by atomic mass is 10.1. The average Bonchev–Trinajstić information content (AvgIpc) is 2.30. The predicted octanol–water partition coefficient (Wildman–Crippen LogP) is 3.26. The maximum absolute atomic E-state index is 10.2. The molecule has 2 N–H and O–H groups in total. The number of aliphatic hydroxyl groups excluding tert-OH is 1. The van der Waals surface area contributed by atoms with Crippen LogP contribution in [-0.4, -0.2) is 22.3 Å². The molecule has 0 heterocycles. The van der Waals surface area contributed by atoms with Gasteiger partial charge in [-0.15, -0.1) is 0 Å². The van der Waals surface area contributed by atoms with E-state index in [4.69, 9.17) is 10.2 Å². The summed E-state index contributed by atoms with van der Waals surface area (Å²) >= 11 is 0. The van der Waals surface area contributed by atoms with Gasteiger partial charge in [0.05, 0.1) is 12.5 Å². The van der Waals surface area contributed by atoms with Crippen molar-refractivity contribution in [3.8, 4) is 0 Å². The van der Waals surface area contributed by atoms with E-state index in [0.717, 1.165) is 12.0 Å². The Balaban J connectivity index is 0.000000331. The molecule has 0 saturated carbocycles. The van der Waals surface area contributed by atoms with Crippen molar-refractivity contribution >= 4 is 5.97 Å². The molecule has 0 fully saturated rings. The molecule has 1 aromatic carbocycles. The fourth-order valence-electron chi connectivity index (χ4n) is 1.46. The third kappa shape index (κ3) is 11.1. The number of aliphatic hydroxyl groups is 1. The summed E-state index contributed by atoms with van der Waals surface area (Å²) in [6, 6.07) is 9.13. The molecule has 0 aliphatic heterocycles. The number of benzene rings is 1. The highest BCUT2D eigenvalue weighted by molar-refractivity contribution is 5.70. The molecule has 0 aliphatic carbocycles. The fourth-order valence-corrected chi connectivity index (χ4v) is 1.46. The first-order valence-electron chi connectivity index (χ1n) is 6.50. The molecule has 3 heteroatoms. The predicted molar refractivity (Wildman–Crippen MR) is 73.6 cm³/mol. The van der Waals surface area contributed by atoms with Crippen molar-refractivity contribution in [3.05, 3.63) is 35.9 Å². The van der Waals surface area contributed by atoms with E-state index in [0.29, 0.717) is 0 Å². The van der Waals surface area contributed by atoms with Crippen LogP contribution in [0.3, 0.4) is 0 Å². The van der Waals surface area contributed by atoms with E-state index in [1.165, 1.54) is 19.3 Å². The summed E-state index contributed by atoms with van der Waals surface area (Å²) in [5, 5.41) is 17.1. The largest absolute Gasteiger partial charge is 0.481 e. The number of rotatable bonds is 6. The van der Waals surface area contributed by atoms with Gasteiger partial charge in [0, 0.05) is 0 Å². The summed E-state index contributed by atoms with van der Waals surface area (Å²) in [6.07, 6.45) is 4.65. The molecule has 1 unspecified atom stereocenters. The Kier molecular flexibility index (Phi) is 9.97. The molecule has 18 heavy (non-hydrogen) atoms. The second-order valence-corrected chi connectivity index (χ2v) is 4.40. The van der Waals surface area contributed by atoms with Crippen molar-refractivity contribution < 1.29 is 15.0 Å². The van der Waals surface area contributed by atoms with Gasteiger partial charge in [0.2, 0.25) is 0 Å². The third-order valence-corrected chi connectivity index (χ3v) is 2.42. The van der Waals surface area contributed by atoms with Gasteiger partial charge in [-0.25, -0.2) is 0 Å². The molecule has 0 bridgehead atoms. The van der Waals surface area contributed by atoms with Gasteiger partial charge >= 0.3 is 5.97 Å².